The van der Waals surface area contributed by atoms with Crippen molar-refractivity contribution in [2.45, 2.75) is 70.3 Å². The number of rotatable bonds is 4. The molecule has 2 aromatic carbocycles. The van der Waals surface area contributed by atoms with Gasteiger partial charge < -0.3 is 9.64 Å². The standard InChI is InChI=1S/C28H31NO4/c1-19-6-10-26-23(16-19)25(31)18-28(33-26)12-14-29(15-13-28)27(32)11-9-24(30)22-8-7-20-4-2-3-5-21(20)17-22/h6-8,10,16-17H,2-5,9,11-15,18H2,1H3. The van der Waals surface area contributed by atoms with Crippen molar-refractivity contribution in [3.05, 3.63) is 64.2 Å². The fourth-order valence-electron chi connectivity index (χ4n) is 5.48. The predicted octanol–water partition coefficient (Wildman–Crippen LogP) is 4.86. The van der Waals surface area contributed by atoms with Crippen LogP contribution in [0.2, 0.25) is 0 Å². The second-order valence-corrected chi connectivity index (χ2v) is 9.88. The first-order valence-electron chi connectivity index (χ1n) is 12.2. The lowest BCUT2D eigenvalue weighted by molar-refractivity contribution is -0.134. The van der Waals surface area contributed by atoms with E-state index < -0.39 is 5.60 Å². The zero-order chi connectivity index (χ0) is 23.0. The molecule has 0 saturated carbocycles. The number of carbonyl (C=O) groups excluding carboxylic acids is 3. The Labute approximate surface area is 195 Å². The number of ketones is 2. The van der Waals surface area contributed by atoms with Crippen molar-refractivity contribution < 1.29 is 19.1 Å². The van der Waals surface area contributed by atoms with Crippen LogP contribution in [-0.2, 0) is 17.6 Å². The largest absolute Gasteiger partial charge is 0.486 e. The molecule has 172 valence electrons. The van der Waals surface area contributed by atoms with Crippen LogP contribution in [0.4, 0.5) is 0 Å². The van der Waals surface area contributed by atoms with E-state index >= 15 is 0 Å². The van der Waals surface area contributed by atoms with Gasteiger partial charge in [-0.25, -0.2) is 0 Å². The quantitative estimate of drug-likeness (QED) is 0.631. The lowest BCUT2D eigenvalue weighted by Crippen LogP contribution is -2.52. The van der Waals surface area contributed by atoms with Gasteiger partial charge in [0.1, 0.15) is 11.4 Å². The van der Waals surface area contributed by atoms with Gasteiger partial charge in [0.15, 0.2) is 11.6 Å². The molecule has 3 aliphatic rings. The zero-order valence-corrected chi connectivity index (χ0v) is 19.3. The number of ether oxygens (including phenoxy) is 1. The summed E-state index contributed by atoms with van der Waals surface area (Å²) in [6.45, 7) is 3.08. The zero-order valence-electron chi connectivity index (χ0n) is 19.3. The van der Waals surface area contributed by atoms with Gasteiger partial charge in [-0.1, -0.05) is 23.8 Å². The van der Waals surface area contributed by atoms with Crippen LogP contribution in [0.3, 0.4) is 0 Å². The fraction of sp³-hybridized carbons (Fsp3) is 0.464. The third-order valence-corrected chi connectivity index (χ3v) is 7.51. The lowest BCUT2D eigenvalue weighted by atomic mass is 9.82. The molecule has 1 amide bonds. The third kappa shape index (κ3) is 4.46. The minimum absolute atomic E-state index is 0.00863. The maximum absolute atomic E-state index is 12.8. The third-order valence-electron chi connectivity index (χ3n) is 7.51. The Bertz CT molecular complexity index is 1110. The highest BCUT2D eigenvalue weighted by molar-refractivity contribution is 6.00. The summed E-state index contributed by atoms with van der Waals surface area (Å²) in [5.41, 5.74) is 4.57. The molecule has 1 fully saturated rings. The molecule has 0 aromatic heterocycles. The molecule has 0 bridgehead atoms. The van der Waals surface area contributed by atoms with Gasteiger partial charge >= 0.3 is 0 Å². The normalized spacial score (nSPS) is 18.9. The van der Waals surface area contributed by atoms with E-state index in [4.69, 9.17) is 4.74 Å². The Hall–Kier alpha value is -2.95. The Morgan fingerprint density at radius 1 is 0.970 bits per heavy atom. The van der Waals surface area contributed by atoms with Crippen LogP contribution in [0, 0.1) is 6.92 Å². The van der Waals surface area contributed by atoms with Gasteiger partial charge in [0, 0.05) is 44.3 Å². The number of hydrogen-bond acceptors (Lipinski definition) is 4. The first kappa shape index (κ1) is 21.9. The van der Waals surface area contributed by atoms with Crippen LogP contribution < -0.4 is 4.74 Å². The topological polar surface area (TPSA) is 63.7 Å². The Balaban J connectivity index is 1.16. The number of fused-ring (bicyclic) bond motifs is 2. The van der Waals surface area contributed by atoms with Crippen molar-refractivity contribution in [2.75, 3.05) is 13.1 Å². The Morgan fingerprint density at radius 3 is 2.52 bits per heavy atom. The molecule has 0 radical (unpaired) electrons. The molecule has 1 aliphatic carbocycles. The number of piperidine rings is 1. The van der Waals surface area contributed by atoms with Crippen molar-refractivity contribution in [1.29, 1.82) is 0 Å². The molecule has 5 heteroatoms. The van der Waals surface area contributed by atoms with Crippen molar-refractivity contribution in [2.24, 2.45) is 0 Å². The number of Topliss-reactive ketones (excluding diaryl/α,β-unsaturated/α-hetero) is 2. The first-order valence-corrected chi connectivity index (χ1v) is 12.2. The molecular weight excluding hydrogens is 414 g/mol. The molecule has 5 rings (SSSR count). The SMILES string of the molecule is Cc1ccc2c(c1)C(=O)CC1(CCN(C(=O)CCC(=O)c3ccc4c(c3)CCCC4)CC1)O2. The van der Waals surface area contributed by atoms with E-state index in [1.807, 2.05) is 42.2 Å². The summed E-state index contributed by atoms with van der Waals surface area (Å²) in [6, 6.07) is 11.8. The van der Waals surface area contributed by atoms with E-state index in [-0.39, 0.29) is 30.3 Å². The van der Waals surface area contributed by atoms with Crippen LogP contribution >= 0.6 is 0 Å². The minimum Gasteiger partial charge on any atom is -0.486 e. The lowest BCUT2D eigenvalue weighted by Gasteiger charge is -2.44. The number of aryl methyl sites for hydroxylation is 3. The van der Waals surface area contributed by atoms with Crippen LogP contribution in [0.25, 0.3) is 0 Å². The van der Waals surface area contributed by atoms with Gasteiger partial charge in [0.2, 0.25) is 5.91 Å². The van der Waals surface area contributed by atoms with Crippen LogP contribution in [0.1, 0.15) is 82.4 Å². The smallest absolute Gasteiger partial charge is 0.223 e. The summed E-state index contributed by atoms with van der Waals surface area (Å²) in [6.07, 6.45) is 6.64. The van der Waals surface area contributed by atoms with Crippen LogP contribution in [0.5, 0.6) is 5.75 Å². The maximum atomic E-state index is 12.8. The molecule has 2 heterocycles. The predicted molar refractivity (Wildman–Crippen MR) is 126 cm³/mol. The van der Waals surface area contributed by atoms with Crippen LogP contribution in [0.15, 0.2) is 36.4 Å². The molecule has 0 atom stereocenters. The van der Waals surface area contributed by atoms with Crippen molar-refractivity contribution in [1.82, 2.24) is 4.90 Å². The van der Waals surface area contributed by atoms with E-state index in [9.17, 15) is 14.4 Å². The Morgan fingerprint density at radius 2 is 1.73 bits per heavy atom. The summed E-state index contributed by atoms with van der Waals surface area (Å²) in [5, 5.41) is 0. The van der Waals surface area contributed by atoms with Gasteiger partial charge in [0.05, 0.1) is 12.0 Å². The molecule has 5 nitrogen and oxygen atoms in total. The molecular formula is C28H31NO4. The van der Waals surface area contributed by atoms with Gasteiger partial charge in [-0.15, -0.1) is 0 Å². The van der Waals surface area contributed by atoms with E-state index in [1.54, 1.807) is 0 Å². The monoisotopic (exact) mass is 445 g/mol. The van der Waals surface area contributed by atoms with Crippen LogP contribution in [-0.4, -0.2) is 41.1 Å². The summed E-state index contributed by atoms with van der Waals surface area (Å²) < 4.78 is 6.30. The van der Waals surface area contributed by atoms with Crippen molar-refractivity contribution in [3.8, 4) is 5.75 Å². The number of carbonyl (C=O) groups is 3. The highest BCUT2D eigenvalue weighted by Gasteiger charge is 2.43. The van der Waals surface area contributed by atoms with Gasteiger partial charge in [-0.05, 0) is 61.9 Å². The highest BCUT2D eigenvalue weighted by Crippen LogP contribution is 2.39. The summed E-state index contributed by atoms with van der Waals surface area (Å²) in [7, 11) is 0. The molecule has 0 N–H and O–H groups in total. The Kier molecular flexibility index (Phi) is 5.81. The van der Waals surface area contributed by atoms with E-state index in [2.05, 4.69) is 6.07 Å². The van der Waals surface area contributed by atoms with Crippen molar-refractivity contribution >= 4 is 17.5 Å². The van der Waals surface area contributed by atoms with E-state index in [0.29, 0.717) is 43.7 Å². The second kappa shape index (κ2) is 8.77. The van der Waals surface area contributed by atoms with Gasteiger partial charge in [0.25, 0.3) is 0 Å². The fourth-order valence-corrected chi connectivity index (χ4v) is 5.48. The summed E-state index contributed by atoms with van der Waals surface area (Å²) in [4.78, 5) is 40.1. The first-order chi connectivity index (χ1) is 15.9. The molecule has 1 saturated heterocycles. The maximum Gasteiger partial charge on any atom is 0.223 e. The molecule has 1 spiro atoms. The average molecular weight is 446 g/mol. The number of hydrogen-bond donors (Lipinski definition) is 0. The highest BCUT2D eigenvalue weighted by atomic mass is 16.5. The summed E-state index contributed by atoms with van der Waals surface area (Å²) in [5.74, 6) is 0.829. The summed E-state index contributed by atoms with van der Waals surface area (Å²) >= 11 is 0. The molecule has 2 aromatic rings. The van der Waals surface area contributed by atoms with Gasteiger partial charge in [-0.3, -0.25) is 14.4 Å². The molecule has 33 heavy (non-hydrogen) atoms. The molecule has 0 unspecified atom stereocenters. The number of benzene rings is 2. The second-order valence-electron chi connectivity index (χ2n) is 9.88. The number of nitrogens with zero attached hydrogens (tertiary/aromatic N) is 1. The van der Waals surface area contributed by atoms with E-state index in [0.717, 1.165) is 24.0 Å². The minimum atomic E-state index is -0.519. The van der Waals surface area contributed by atoms with Crippen molar-refractivity contribution in [3.63, 3.8) is 0 Å². The molecule has 2 aliphatic heterocycles. The number of amides is 1. The average Bonchev–Trinajstić information content (AvgIpc) is 2.83. The number of likely N-dealkylation sites (tertiary alicyclic amines) is 1. The van der Waals surface area contributed by atoms with Gasteiger partial charge in [-0.2, -0.15) is 0 Å². The van der Waals surface area contributed by atoms with E-state index in [1.165, 1.54) is 24.0 Å².